The highest BCUT2D eigenvalue weighted by atomic mass is 16.5. The van der Waals surface area contributed by atoms with Gasteiger partial charge in [0.15, 0.2) is 0 Å². The molecule has 0 radical (unpaired) electrons. The van der Waals surface area contributed by atoms with Crippen molar-refractivity contribution in [2.75, 3.05) is 34.3 Å². The zero-order chi connectivity index (χ0) is 11.6. The number of carbonyl (C=O) groups excluding carboxylic acids is 1. The topological polar surface area (TPSA) is 58.8 Å². The van der Waals surface area contributed by atoms with Gasteiger partial charge >= 0.3 is 6.09 Å². The van der Waals surface area contributed by atoms with Crippen molar-refractivity contribution in [3.8, 4) is 0 Å². The lowest BCUT2D eigenvalue weighted by molar-refractivity contribution is 0.0600. The van der Waals surface area contributed by atoms with Crippen LogP contribution in [0.25, 0.3) is 0 Å². The molecule has 1 heterocycles. The van der Waals surface area contributed by atoms with E-state index >= 15 is 0 Å². The van der Waals surface area contributed by atoms with Gasteiger partial charge in [-0.15, -0.1) is 0 Å². The largest absolute Gasteiger partial charge is 0.453 e. The smallest absolute Gasteiger partial charge is 0.409 e. The quantitative estimate of drug-likeness (QED) is 0.667. The van der Waals surface area contributed by atoms with Gasteiger partial charge in [0.1, 0.15) is 0 Å². The number of ether oxygens (including phenoxy) is 1. The Kier molecular flexibility index (Phi) is 3.93. The van der Waals surface area contributed by atoms with Crippen LogP contribution in [0.3, 0.4) is 0 Å². The molecule has 0 aromatic rings. The first-order chi connectivity index (χ1) is 6.97. The highest BCUT2D eigenvalue weighted by molar-refractivity contribution is 5.67. The number of likely N-dealkylation sites (tertiary alicyclic amines) is 1. The Morgan fingerprint density at radius 3 is 2.60 bits per heavy atom. The summed E-state index contributed by atoms with van der Waals surface area (Å²) < 4.78 is 4.71. The maximum absolute atomic E-state index is 11.4. The third kappa shape index (κ3) is 2.60. The molecule has 5 nitrogen and oxygen atoms in total. The second kappa shape index (κ2) is 4.81. The predicted octanol–water partition coefficient (Wildman–Crippen LogP) is -0.0380. The lowest BCUT2D eigenvalue weighted by Crippen LogP contribution is -2.61. The number of carbonyl (C=O) groups is 1. The van der Waals surface area contributed by atoms with Gasteiger partial charge < -0.3 is 20.3 Å². The average molecular weight is 215 g/mol. The number of hydrogen-bond donors (Lipinski definition) is 1. The van der Waals surface area contributed by atoms with Crippen LogP contribution in [-0.2, 0) is 4.74 Å². The highest BCUT2D eigenvalue weighted by Gasteiger charge is 2.35. The lowest BCUT2D eigenvalue weighted by Gasteiger charge is -2.43. The fourth-order valence-corrected chi connectivity index (χ4v) is 2.50. The SMILES string of the molecule is COC(=O)N(C)[C@@H]1[C@H](N)CN(C)C[C@@H]1C. The summed E-state index contributed by atoms with van der Waals surface area (Å²) in [7, 11) is 5.19. The predicted molar refractivity (Wildman–Crippen MR) is 58.6 cm³/mol. The molecule has 2 N–H and O–H groups in total. The molecule has 0 saturated carbocycles. The van der Waals surface area contributed by atoms with Gasteiger partial charge in [0.25, 0.3) is 0 Å². The molecule has 0 aliphatic carbocycles. The van der Waals surface area contributed by atoms with Gasteiger partial charge in [-0.25, -0.2) is 4.79 Å². The molecule has 5 heteroatoms. The number of methoxy groups -OCH3 is 1. The van der Waals surface area contributed by atoms with E-state index in [4.69, 9.17) is 10.5 Å². The van der Waals surface area contributed by atoms with Gasteiger partial charge in [-0.2, -0.15) is 0 Å². The summed E-state index contributed by atoms with van der Waals surface area (Å²) in [5.74, 6) is 0.364. The molecule has 15 heavy (non-hydrogen) atoms. The third-order valence-electron chi connectivity index (χ3n) is 3.05. The van der Waals surface area contributed by atoms with Crippen molar-refractivity contribution in [1.29, 1.82) is 0 Å². The van der Waals surface area contributed by atoms with E-state index < -0.39 is 0 Å². The summed E-state index contributed by atoms with van der Waals surface area (Å²) >= 11 is 0. The Bertz CT molecular complexity index is 223. The molecule has 1 saturated heterocycles. The fourth-order valence-electron chi connectivity index (χ4n) is 2.50. The second-order valence-electron chi connectivity index (χ2n) is 4.43. The number of nitrogens with two attached hydrogens (primary N) is 1. The summed E-state index contributed by atoms with van der Waals surface area (Å²) in [5, 5.41) is 0. The van der Waals surface area contributed by atoms with Crippen LogP contribution in [0.4, 0.5) is 4.79 Å². The minimum absolute atomic E-state index is 0.0113. The van der Waals surface area contributed by atoms with Crippen LogP contribution < -0.4 is 5.73 Å². The van der Waals surface area contributed by atoms with E-state index in [-0.39, 0.29) is 18.2 Å². The van der Waals surface area contributed by atoms with Gasteiger partial charge in [0.05, 0.1) is 13.2 Å². The minimum atomic E-state index is -0.313. The van der Waals surface area contributed by atoms with E-state index in [2.05, 4.69) is 11.8 Å². The Morgan fingerprint density at radius 1 is 1.53 bits per heavy atom. The van der Waals surface area contributed by atoms with E-state index in [0.29, 0.717) is 5.92 Å². The van der Waals surface area contributed by atoms with Crippen molar-refractivity contribution in [3.05, 3.63) is 0 Å². The van der Waals surface area contributed by atoms with Gasteiger partial charge in [-0.1, -0.05) is 6.92 Å². The molecule has 1 aliphatic heterocycles. The van der Waals surface area contributed by atoms with Gasteiger partial charge in [0.2, 0.25) is 0 Å². The zero-order valence-corrected chi connectivity index (χ0v) is 9.93. The average Bonchev–Trinajstić information content (AvgIpc) is 2.14. The van der Waals surface area contributed by atoms with Crippen LogP contribution in [-0.4, -0.2) is 62.3 Å². The maximum atomic E-state index is 11.4. The summed E-state index contributed by atoms with van der Waals surface area (Å²) in [6.45, 7) is 3.88. The molecule has 0 unspecified atom stereocenters. The molecule has 0 spiro atoms. The van der Waals surface area contributed by atoms with Crippen LogP contribution in [0.2, 0.25) is 0 Å². The monoisotopic (exact) mass is 215 g/mol. The number of hydrogen-bond acceptors (Lipinski definition) is 4. The summed E-state index contributed by atoms with van der Waals surface area (Å²) in [4.78, 5) is 15.2. The minimum Gasteiger partial charge on any atom is -0.453 e. The Balaban J connectivity index is 2.70. The number of rotatable bonds is 1. The molecule has 1 amide bonds. The number of nitrogens with zero attached hydrogens (tertiary/aromatic N) is 2. The number of amides is 1. The second-order valence-corrected chi connectivity index (χ2v) is 4.43. The van der Waals surface area contributed by atoms with Crippen LogP contribution in [0.15, 0.2) is 0 Å². The molecule has 3 atom stereocenters. The standard InChI is InChI=1S/C10H21N3O2/c1-7-5-12(2)6-8(11)9(7)13(3)10(14)15-4/h7-9H,5-6,11H2,1-4H3/t7-,8+,9-/m0/s1. The van der Waals surface area contributed by atoms with Gasteiger partial charge in [-0.3, -0.25) is 0 Å². The van der Waals surface area contributed by atoms with Crippen molar-refractivity contribution >= 4 is 6.09 Å². The van der Waals surface area contributed by atoms with Crippen molar-refractivity contribution in [3.63, 3.8) is 0 Å². The normalized spacial score (nSPS) is 32.5. The molecule has 88 valence electrons. The van der Waals surface area contributed by atoms with Crippen molar-refractivity contribution in [2.24, 2.45) is 11.7 Å². The van der Waals surface area contributed by atoms with Crippen LogP contribution in [0, 0.1) is 5.92 Å². The van der Waals surface area contributed by atoms with Gasteiger partial charge in [0, 0.05) is 26.2 Å². The molecule has 1 aliphatic rings. The van der Waals surface area contributed by atoms with Crippen molar-refractivity contribution in [2.45, 2.75) is 19.0 Å². The van der Waals surface area contributed by atoms with E-state index in [1.807, 2.05) is 7.05 Å². The Hall–Kier alpha value is -0.810. The van der Waals surface area contributed by atoms with E-state index in [9.17, 15) is 4.79 Å². The first kappa shape index (κ1) is 12.3. The van der Waals surface area contributed by atoms with Crippen LogP contribution >= 0.6 is 0 Å². The zero-order valence-electron chi connectivity index (χ0n) is 9.93. The van der Waals surface area contributed by atoms with Gasteiger partial charge in [-0.05, 0) is 13.0 Å². The molecule has 1 fully saturated rings. The third-order valence-corrected chi connectivity index (χ3v) is 3.05. The Morgan fingerprint density at radius 2 is 2.13 bits per heavy atom. The van der Waals surface area contributed by atoms with Crippen LogP contribution in [0.1, 0.15) is 6.92 Å². The maximum Gasteiger partial charge on any atom is 0.409 e. The van der Waals surface area contributed by atoms with Crippen LogP contribution in [0.5, 0.6) is 0 Å². The summed E-state index contributed by atoms with van der Waals surface area (Å²) in [6, 6.07) is 0.0523. The number of likely N-dealkylation sites (N-methyl/N-ethyl adjacent to an activating group) is 2. The lowest BCUT2D eigenvalue weighted by atomic mass is 9.89. The van der Waals surface area contributed by atoms with E-state index in [0.717, 1.165) is 13.1 Å². The van der Waals surface area contributed by atoms with E-state index in [1.54, 1.807) is 11.9 Å². The molecule has 0 bridgehead atoms. The van der Waals surface area contributed by atoms with Crippen molar-refractivity contribution in [1.82, 2.24) is 9.80 Å². The summed E-state index contributed by atoms with van der Waals surface area (Å²) in [5.41, 5.74) is 6.06. The molecule has 1 rings (SSSR count). The molecular formula is C10H21N3O2. The molecule has 0 aromatic heterocycles. The molecule has 0 aromatic carbocycles. The van der Waals surface area contributed by atoms with Crippen molar-refractivity contribution < 1.29 is 9.53 Å². The first-order valence-corrected chi connectivity index (χ1v) is 5.22. The van der Waals surface area contributed by atoms with E-state index in [1.165, 1.54) is 7.11 Å². The molecular weight excluding hydrogens is 194 g/mol. The highest BCUT2D eigenvalue weighted by Crippen LogP contribution is 2.20. The summed E-state index contributed by atoms with van der Waals surface area (Å²) in [6.07, 6.45) is -0.313. The number of piperidine rings is 1. The fraction of sp³-hybridized carbons (Fsp3) is 0.900. The first-order valence-electron chi connectivity index (χ1n) is 5.22. The Labute approximate surface area is 91.2 Å².